The zero-order chi connectivity index (χ0) is 17.0. The highest BCUT2D eigenvalue weighted by Gasteiger charge is 2.18. The molecule has 116 valence electrons. The molecule has 8 nitrogen and oxygen atoms in total. The summed E-state index contributed by atoms with van der Waals surface area (Å²) in [6, 6.07) is 9.28. The van der Waals surface area contributed by atoms with Crippen LogP contribution in [0.25, 0.3) is 12.2 Å². The minimum absolute atomic E-state index is 0.0386. The molecule has 0 aliphatic carbocycles. The molecule has 0 unspecified atom stereocenters. The molecule has 0 saturated heterocycles. The Kier molecular flexibility index (Phi) is 4.46. The van der Waals surface area contributed by atoms with E-state index in [1.807, 2.05) is 0 Å². The van der Waals surface area contributed by atoms with Crippen molar-refractivity contribution in [3.05, 3.63) is 79.4 Å². The summed E-state index contributed by atoms with van der Waals surface area (Å²) in [7, 11) is 0. The summed E-state index contributed by atoms with van der Waals surface area (Å²) in [4.78, 5) is 31.6. The molecule has 0 radical (unpaired) electrons. The van der Waals surface area contributed by atoms with Gasteiger partial charge in [0.25, 0.3) is 11.4 Å². The Morgan fingerprint density at radius 3 is 2.13 bits per heavy atom. The van der Waals surface area contributed by atoms with Crippen molar-refractivity contribution in [1.29, 1.82) is 0 Å². The average molecular weight is 314 g/mol. The number of rotatable bonds is 5. The summed E-state index contributed by atoms with van der Waals surface area (Å²) in [5.41, 5.74) is -0.104. The zero-order valence-electron chi connectivity index (χ0n) is 11.6. The first kappa shape index (κ1) is 15.8. The summed E-state index contributed by atoms with van der Waals surface area (Å²) < 4.78 is 0. The number of aromatic carboxylic acids is 1. The van der Waals surface area contributed by atoms with Crippen LogP contribution in [-0.2, 0) is 0 Å². The van der Waals surface area contributed by atoms with Gasteiger partial charge in [0.2, 0.25) is 0 Å². The van der Waals surface area contributed by atoms with Gasteiger partial charge in [-0.2, -0.15) is 0 Å². The predicted molar refractivity (Wildman–Crippen MR) is 82.1 cm³/mol. The van der Waals surface area contributed by atoms with Crippen LogP contribution in [0.3, 0.4) is 0 Å². The molecular formula is C15H10N2O6. The van der Waals surface area contributed by atoms with Crippen LogP contribution >= 0.6 is 0 Å². The van der Waals surface area contributed by atoms with Crippen LogP contribution in [0, 0.1) is 20.2 Å². The lowest BCUT2D eigenvalue weighted by atomic mass is 10.0. The molecule has 0 saturated carbocycles. The molecule has 0 aromatic heterocycles. The largest absolute Gasteiger partial charge is 0.478 e. The molecule has 0 aliphatic rings. The Balaban J connectivity index is 2.43. The van der Waals surface area contributed by atoms with Gasteiger partial charge >= 0.3 is 5.97 Å². The maximum absolute atomic E-state index is 11.2. The Morgan fingerprint density at radius 1 is 0.957 bits per heavy atom. The molecule has 0 aliphatic heterocycles. The van der Waals surface area contributed by atoms with E-state index in [-0.39, 0.29) is 22.5 Å². The third-order valence-electron chi connectivity index (χ3n) is 3.06. The summed E-state index contributed by atoms with van der Waals surface area (Å²) >= 11 is 0. The van der Waals surface area contributed by atoms with E-state index in [1.165, 1.54) is 54.6 Å². The highest BCUT2D eigenvalue weighted by Crippen LogP contribution is 2.25. The fraction of sp³-hybridized carbons (Fsp3) is 0. The highest BCUT2D eigenvalue weighted by atomic mass is 16.6. The van der Waals surface area contributed by atoms with E-state index < -0.39 is 15.8 Å². The first-order valence-electron chi connectivity index (χ1n) is 6.33. The lowest BCUT2D eigenvalue weighted by Crippen LogP contribution is -2.02. The van der Waals surface area contributed by atoms with Gasteiger partial charge in [0.05, 0.1) is 21.0 Å². The smallest absolute Gasteiger partial charge is 0.336 e. The van der Waals surface area contributed by atoms with Gasteiger partial charge in [-0.05, 0) is 29.8 Å². The van der Waals surface area contributed by atoms with Gasteiger partial charge in [-0.15, -0.1) is 0 Å². The van der Waals surface area contributed by atoms with E-state index in [1.54, 1.807) is 0 Å². The number of nitro benzene ring substituents is 2. The third-order valence-corrected chi connectivity index (χ3v) is 3.06. The van der Waals surface area contributed by atoms with Crippen LogP contribution in [0.2, 0.25) is 0 Å². The predicted octanol–water partition coefficient (Wildman–Crippen LogP) is 3.37. The Labute approximate surface area is 129 Å². The zero-order valence-corrected chi connectivity index (χ0v) is 11.6. The van der Waals surface area contributed by atoms with Gasteiger partial charge in [-0.3, -0.25) is 20.2 Å². The van der Waals surface area contributed by atoms with E-state index in [0.29, 0.717) is 5.56 Å². The van der Waals surface area contributed by atoms with E-state index in [2.05, 4.69) is 0 Å². The molecule has 0 bridgehead atoms. The molecule has 23 heavy (non-hydrogen) atoms. The van der Waals surface area contributed by atoms with Gasteiger partial charge in [0.1, 0.15) is 0 Å². The van der Waals surface area contributed by atoms with Crippen molar-refractivity contribution in [3.8, 4) is 0 Å². The molecule has 1 N–H and O–H groups in total. The molecule has 0 atom stereocenters. The summed E-state index contributed by atoms with van der Waals surface area (Å²) in [6.07, 6.45) is 2.77. The number of non-ortho nitro benzene ring substituents is 1. The molecule has 2 rings (SSSR count). The SMILES string of the molecule is O=C(O)c1cccc([N+](=O)[O-])c1C=Cc1ccc([N+](=O)[O-])cc1. The molecule has 0 amide bonds. The van der Waals surface area contributed by atoms with Crippen molar-refractivity contribution < 1.29 is 19.7 Å². The van der Waals surface area contributed by atoms with E-state index in [4.69, 9.17) is 5.11 Å². The topological polar surface area (TPSA) is 124 Å². The van der Waals surface area contributed by atoms with Crippen molar-refractivity contribution in [2.75, 3.05) is 0 Å². The van der Waals surface area contributed by atoms with Gasteiger partial charge in [0, 0.05) is 18.2 Å². The van der Waals surface area contributed by atoms with Crippen LogP contribution in [0.1, 0.15) is 21.5 Å². The van der Waals surface area contributed by atoms with Crippen LogP contribution < -0.4 is 0 Å². The number of carboxylic acid groups (broad SMARTS) is 1. The Bertz CT molecular complexity index is 779. The third kappa shape index (κ3) is 3.56. The standard InChI is InChI=1S/C15H10N2O6/c18-15(19)13-2-1-3-14(17(22)23)12(13)9-6-10-4-7-11(8-5-10)16(20)21/h1-9H,(H,18,19). The van der Waals surface area contributed by atoms with Crippen LogP contribution in [0.5, 0.6) is 0 Å². The van der Waals surface area contributed by atoms with Crippen LogP contribution in [0.15, 0.2) is 42.5 Å². The van der Waals surface area contributed by atoms with Crippen molar-refractivity contribution in [3.63, 3.8) is 0 Å². The van der Waals surface area contributed by atoms with Gasteiger partial charge in [0.15, 0.2) is 0 Å². The summed E-state index contributed by atoms with van der Waals surface area (Å²) in [5.74, 6) is -1.28. The highest BCUT2D eigenvalue weighted by molar-refractivity contribution is 5.95. The minimum Gasteiger partial charge on any atom is -0.478 e. The average Bonchev–Trinajstić information content (AvgIpc) is 2.52. The molecule has 2 aromatic carbocycles. The number of nitrogens with zero attached hydrogens (tertiary/aromatic N) is 2. The van der Waals surface area contributed by atoms with E-state index >= 15 is 0 Å². The second-order valence-corrected chi connectivity index (χ2v) is 4.48. The molecule has 0 fully saturated rings. The first-order chi connectivity index (χ1) is 10.9. The van der Waals surface area contributed by atoms with Gasteiger partial charge in [-0.1, -0.05) is 12.1 Å². The number of nitro groups is 2. The Morgan fingerprint density at radius 2 is 1.61 bits per heavy atom. The van der Waals surface area contributed by atoms with Crippen molar-refractivity contribution in [2.24, 2.45) is 0 Å². The maximum Gasteiger partial charge on any atom is 0.336 e. The fourth-order valence-electron chi connectivity index (χ4n) is 1.96. The normalized spacial score (nSPS) is 10.6. The fourth-order valence-corrected chi connectivity index (χ4v) is 1.96. The molecule has 2 aromatic rings. The van der Waals surface area contributed by atoms with Crippen molar-refractivity contribution >= 4 is 29.5 Å². The Hall–Kier alpha value is -3.55. The van der Waals surface area contributed by atoms with E-state index in [0.717, 1.165) is 0 Å². The quantitative estimate of drug-likeness (QED) is 0.512. The second-order valence-electron chi connectivity index (χ2n) is 4.48. The van der Waals surface area contributed by atoms with Crippen LogP contribution in [0.4, 0.5) is 11.4 Å². The van der Waals surface area contributed by atoms with Gasteiger partial charge < -0.3 is 5.11 Å². The maximum atomic E-state index is 11.2. The molecule has 0 heterocycles. The molecule has 0 spiro atoms. The first-order valence-corrected chi connectivity index (χ1v) is 6.33. The second kappa shape index (κ2) is 6.48. The lowest BCUT2D eigenvalue weighted by molar-refractivity contribution is -0.385. The summed E-state index contributed by atoms with van der Waals surface area (Å²) in [6.45, 7) is 0. The number of carboxylic acids is 1. The number of hydrogen-bond acceptors (Lipinski definition) is 5. The lowest BCUT2D eigenvalue weighted by Gasteiger charge is -2.02. The number of hydrogen-bond donors (Lipinski definition) is 1. The number of carbonyl (C=O) groups is 1. The van der Waals surface area contributed by atoms with E-state index in [9.17, 15) is 25.0 Å². The number of benzene rings is 2. The minimum atomic E-state index is -1.28. The van der Waals surface area contributed by atoms with Crippen molar-refractivity contribution in [2.45, 2.75) is 0 Å². The monoisotopic (exact) mass is 314 g/mol. The van der Waals surface area contributed by atoms with Crippen molar-refractivity contribution in [1.82, 2.24) is 0 Å². The van der Waals surface area contributed by atoms with Crippen LogP contribution in [-0.4, -0.2) is 20.9 Å². The summed E-state index contributed by atoms with van der Waals surface area (Å²) in [5, 5.41) is 30.7. The molecular weight excluding hydrogens is 304 g/mol. The molecule has 8 heteroatoms. The van der Waals surface area contributed by atoms with Gasteiger partial charge in [-0.25, -0.2) is 4.79 Å².